The Bertz CT molecular complexity index is 844. The maximum atomic E-state index is 12.8. The second-order valence-corrected chi connectivity index (χ2v) is 5.06. The summed E-state index contributed by atoms with van der Waals surface area (Å²) in [6, 6.07) is 4.55. The van der Waals surface area contributed by atoms with Crippen molar-refractivity contribution in [3.05, 3.63) is 47.5 Å². The van der Waals surface area contributed by atoms with Crippen molar-refractivity contribution in [1.29, 1.82) is 0 Å². The van der Waals surface area contributed by atoms with Crippen molar-refractivity contribution in [3.8, 4) is 0 Å². The minimum atomic E-state index is -4.46. The lowest BCUT2D eigenvalue weighted by molar-refractivity contribution is -0.137. The number of aromatic nitrogens is 4. The molecule has 126 valence electrons. The lowest BCUT2D eigenvalue weighted by Crippen LogP contribution is -2.06. The molecule has 1 unspecified atom stereocenters. The van der Waals surface area contributed by atoms with Crippen LogP contribution in [0.3, 0.4) is 0 Å². The van der Waals surface area contributed by atoms with E-state index in [-0.39, 0.29) is 11.2 Å². The van der Waals surface area contributed by atoms with Crippen molar-refractivity contribution in [3.63, 3.8) is 0 Å². The highest BCUT2D eigenvalue weighted by atomic mass is 19.4. The summed E-state index contributed by atoms with van der Waals surface area (Å²) in [4.78, 5) is 15.0. The number of hydrogen-bond donors (Lipinski definition) is 2. The zero-order valence-corrected chi connectivity index (χ0v) is 12.8. The topological polar surface area (TPSA) is 75.7 Å². The third kappa shape index (κ3) is 3.02. The van der Waals surface area contributed by atoms with E-state index in [0.29, 0.717) is 17.2 Å². The largest absolute Gasteiger partial charge is 0.417 e. The first-order chi connectivity index (χ1) is 11.4. The number of nitrogens with zero attached hydrogens (tertiary/aromatic N) is 3. The van der Waals surface area contributed by atoms with E-state index in [1.807, 2.05) is 0 Å². The molecule has 1 atom stereocenters. The minimum absolute atomic E-state index is 0.194. The summed E-state index contributed by atoms with van der Waals surface area (Å²) in [5.74, 6) is 1.05. The summed E-state index contributed by atoms with van der Waals surface area (Å²) in [6.07, 6.45) is -2.67. The number of alkyl halides is 3. The monoisotopic (exact) mass is 337 g/mol. The van der Waals surface area contributed by atoms with Crippen LogP contribution in [0, 0.1) is 0 Å². The number of rotatable bonds is 4. The number of nitrogens with one attached hydrogen (secondary N) is 2. The van der Waals surface area contributed by atoms with Crippen molar-refractivity contribution in [2.75, 3.05) is 19.5 Å². The molecule has 2 N–H and O–H groups in total. The number of halogens is 3. The molecule has 0 radical (unpaired) electrons. The van der Waals surface area contributed by atoms with Gasteiger partial charge in [0.25, 0.3) is 0 Å². The summed E-state index contributed by atoms with van der Waals surface area (Å²) >= 11 is 0. The molecule has 3 rings (SSSR count). The number of aromatic amines is 1. The first kappa shape index (κ1) is 16.2. The Labute approximate surface area is 135 Å². The summed E-state index contributed by atoms with van der Waals surface area (Å²) in [6.45, 7) is 0. The molecular weight excluding hydrogens is 323 g/mol. The molecule has 0 amide bonds. The molecule has 3 aromatic heterocycles. The Hall–Kier alpha value is -2.68. The van der Waals surface area contributed by atoms with Crippen LogP contribution in [0.4, 0.5) is 19.0 Å². The Morgan fingerprint density at radius 1 is 1.21 bits per heavy atom. The predicted octanol–water partition coefficient (Wildman–Crippen LogP) is 3.15. The van der Waals surface area contributed by atoms with Gasteiger partial charge in [0.2, 0.25) is 0 Å². The Kier molecular flexibility index (Phi) is 4.10. The van der Waals surface area contributed by atoms with E-state index in [4.69, 9.17) is 4.74 Å². The molecule has 0 spiro atoms. The smallest absolute Gasteiger partial charge is 0.373 e. The van der Waals surface area contributed by atoms with Crippen LogP contribution in [-0.2, 0) is 10.9 Å². The molecule has 3 heterocycles. The predicted molar refractivity (Wildman–Crippen MR) is 81.5 cm³/mol. The summed E-state index contributed by atoms with van der Waals surface area (Å²) in [5.41, 5.74) is 0.271. The second-order valence-electron chi connectivity index (χ2n) is 5.06. The molecule has 0 saturated heterocycles. The van der Waals surface area contributed by atoms with Crippen molar-refractivity contribution in [2.24, 2.45) is 0 Å². The van der Waals surface area contributed by atoms with E-state index in [1.54, 1.807) is 25.4 Å². The van der Waals surface area contributed by atoms with Crippen LogP contribution in [0.15, 0.2) is 30.6 Å². The van der Waals surface area contributed by atoms with Crippen LogP contribution < -0.4 is 5.32 Å². The average Bonchev–Trinajstić information content (AvgIpc) is 2.98. The molecule has 0 bridgehead atoms. The van der Waals surface area contributed by atoms with E-state index < -0.39 is 17.8 Å². The van der Waals surface area contributed by atoms with E-state index in [2.05, 4.69) is 25.3 Å². The SMILES string of the molecule is CNc1ccc(C(OC)c2nc3ncc(C(F)(F)F)cc3[nH]2)cn1. The third-order valence-corrected chi connectivity index (χ3v) is 3.51. The Morgan fingerprint density at radius 3 is 2.58 bits per heavy atom. The highest BCUT2D eigenvalue weighted by Gasteiger charge is 2.31. The van der Waals surface area contributed by atoms with Gasteiger partial charge in [-0.3, -0.25) is 0 Å². The lowest BCUT2D eigenvalue weighted by Gasteiger charge is -2.13. The fraction of sp³-hybridized carbons (Fsp3) is 0.267. The van der Waals surface area contributed by atoms with E-state index >= 15 is 0 Å². The van der Waals surface area contributed by atoms with Gasteiger partial charge >= 0.3 is 6.18 Å². The molecule has 0 aliphatic heterocycles. The van der Waals surface area contributed by atoms with Gasteiger partial charge in [-0.25, -0.2) is 15.0 Å². The molecule has 3 aromatic rings. The maximum absolute atomic E-state index is 12.8. The van der Waals surface area contributed by atoms with Crippen molar-refractivity contribution >= 4 is 17.0 Å². The maximum Gasteiger partial charge on any atom is 0.417 e. The van der Waals surface area contributed by atoms with Gasteiger partial charge in [0.05, 0.1) is 11.1 Å². The number of ether oxygens (including phenoxy) is 1. The quantitative estimate of drug-likeness (QED) is 0.765. The van der Waals surface area contributed by atoms with Gasteiger partial charge in [-0.05, 0) is 12.1 Å². The van der Waals surface area contributed by atoms with Crippen LogP contribution in [0.25, 0.3) is 11.2 Å². The normalized spacial score (nSPS) is 13.2. The van der Waals surface area contributed by atoms with Gasteiger partial charge in [0, 0.05) is 32.1 Å². The van der Waals surface area contributed by atoms with Gasteiger partial charge in [-0.2, -0.15) is 13.2 Å². The fourth-order valence-electron chi connectivity index (χ4n) is 2.31. The zero-order valence-electron chi connectivity index (χ0n) is 12.8. The van der Waals surface area contributed by atoms with Crippen molar-refractivity contribution in [2.45, 2.75) is 12.3 Å². The van der Waals surface area contributed by atoms with Crippen LogP contribution in [0.2, 0.25) is 0 Å². The number of fused-ring (bicyclic) bond motifs is 1. The van der Waals surface area contributed by atoms with Gasteiger partial charge < -0.3 is 15.0 Å². The van der Waals surface area contributed by atoms with Crippen LogP contribution in [-0.4, -0.2) is 34.1 Å². The molecule has 0 aromatic carbocycles. The highest BCUT2D eigenvalue weighted by Crippen LogP contribution is 2.31. The van der Waals surface area contributed by atoms with Gasteiger partial charge in [0.1, 0.15) is 17.7 Å². The number of methoxy groups -OCH3 is 1. The Balaban J connectivity index is 1.99. The number of imidazole rings is 1. The third-order valence-electron chi connectivity index (χ3n) is 3.51. The standard InChI is InChI=1S/C15H14F3N5O/c1-19-11-4-3-8(6-20-11)12(24-2)14-22-10-5-9(15(16,17)18)7-21-13(10)23-14/h3-7,12H,1-2H3,(H,19,20)(H,21,22,23). The first-order valence-electron chi connectivity index (χ1n) is 7.01. The molecule has 0 aliphatic carbocycles. The molecule has 24 heavy (non-hydrogen) atoms. The average molecular weight is 337 g/mol. The molecule has 0 fully saturated rings. The molecule has 6 nitrogen and oxygen atoms in total. The molecule has 9 heteroatoms. The summed E-state index contributed by atoms with van der Waals surface area (Å²) < 4.78 is 43.7. The fourth-order valence-corrected chi connectivity index (χ4v) is 2.31. The number of anilines is 1. The summed E-state index contributed by atoms with van der Waals surface area (Å²) in [5, 5.41) is 2.90. The first-order valence-corrected chi connectivity index (χ1v) is 7.01. The minimum Gasteiger partial charge on any atom is -0.373 e. The van der Waals surface area contributed by atoms with E-state index in [9.17, 15) is 13.2 Å². The van der Waals surface area contributed by atoms with Gasteiger partial charge in [-0.15, -0.1) is 0 Å². The van der Waals surface area contributed by atoms with Crippen LogP contribution >= 0.6 is 0 Å². The van der Waals surface area contributed by atoms with E-state index in [0.717, 1.165) is 12.3 Å². The number of H-pyrrole nitrogens is 1. The zero-order chi connectivity index (χ0) is 17.3. The number of hydrogen-bond acceptors (Lipinski definition) is 5. The summed E-state index contributed by atoms with van der Waals surface area (Å²) in [7, 11) is 3.23. The number of pyridine rings is 2. The highest BCUT2D eigenvalue weighted by molar-refractivity contribution is 5.71. The molecular formula is C15H14F3N5O. The molecule has 0 aliphatic rings. The van der Waals surface area contributed by atoms with Crippen LogP contribution in [0.1, 0.15) is 23.1 Å². The molecule has 0 saturated carbocycles. The van der Waals surface area contributed by atoms with Gasteiger partial charge in [-0.1, -0.05) is 6.07 Å². The van der Waals surface area contributed by atoms with Crippen LogP contribution in [0.5, 0.6) is 0 Å². The van der Waals surface area contributed by atoms with E-state index in [1.165, 1.54) is 7.11 Å². The Morgan fingerprint density at radius 2 is 2.00 bits per heavy atom. The second kappa shape index (κ2) is 6.08. The van der Waals surface area contributed by atoms with Crippen molar-refractivity contribution in [1.82, 2.24) is 19.9 Å². The van der Waals surface area contributed by atoms with Gasteiger partial charge in [0.15, 0.2) is 5.65 Å². The van der Waals surface area contributed by atoms with Crippen molar-refractivity contribution < 1.29 is 17.9 Å². The lowest BCUT2D eigenvalue weighted by atomic mass is 10.1.